The van der Waals surface area contributed by atoms with Crippen LogP contribution in [0.3, 0.4) is 0 Å². The molecule has 1 N–H and O–H groups in total. The van der Waals surface area contributed by atoms with Crippen molar-refractivity contribution in [2.75, 3.05) is 27.3 Å². The molecule has 0 aliphatic heterocycles. The van der Waals surface area contributed by atoms with Gasteiger partial charge in [-0.2, -0.15) is 0 Å². The van der Waals surface area contributed by atoms with Crippen LogP contribution >= 0.6 is 23.2 Å². The molecule has 2 aromatic rings. The summed E-state index contributed by atoms with van der Waals surface area (Å²) in [6.07, 6.45) is 3.70. The molecule has 0 fully saturated rings. The lowest BCUT2D eigenvalue weighted by Gasteiger charge is -2.06. The number of nitrogens with one attached hydrogen (secondary N) is 1. The molecule has 1 aromatic heterocycles. The Bertz CT molecular complexity index is 772. The standard InChI is InChI=1S/C17H20Cl2N4O2/c1-12(15(11-20-2)22-24-3)7-9-25-17-6-8-23(21-17)16-5-4-13(18)10-14(16)19/h4-8,10,20H,9,11H2,1-3H3/b12-7-,22-15-. The van der Waals surface area contributed by atoms with E-state index in [9.17, 15) is 0 Å². The molecule has 6 nitrogen and oxygen atoms in total. The number of rotatable bonds is 8. The zero-order valence-electron chi connectivity index (χ0n) is 14.3. The number of hydrogen-bond donors (Lipinski definition) is 1. The first kappa shape index (κ1) is 19.3. The van der Waals surface area contributed by atoms with Gasteiger partial charge in [-0.3, -0.25) is 0 Å². The Hall–Kier alpha value is -2.02. The maximum atomic E-state index is 6.19. The Morgan fingerprint density at radius 1 is 1.36 bits per heavy atom. The van der Waals surface area contributed by atoms with Crippen molar-refractivity contribution in [2.24, 2.45) is 5.16 Å². The predicted octanol–water partition coefficient (Wildman–Crippen LogP) is 3.73. The summed E-state index contributed by atoms with van der Waals surface area (Å²) in [5.41, 5.74) is 2.51. The highest BCUT2D eigenvalue weighted by atomic mass is 35.5. The van der Waals surface area contributed by atoms with Gasteiger partial charge in [0.05, 0.1) is 16.4 Å². The number of benzene rings is 1. The fourth-order valence-electron chi connectivity index (χ4n) is 2.08. The number of nitrogens with zero attached hydrogens (tertiary/aromatic N) is 3. The minimum absolute atomic E-state index is 0.365. The van der Waals surface area contributed by atoms with Crippen LogP contribution in [0.15, 0.2) is 47.3 Å². The first-order chi connectivity index (χ1) is 12.0. The van der Waals surface area contributed by atoms with Crippen LogP contribution in [0.25, 0.3) is 5.69 Å². The summed E-state index contributed by atoms with van der Waals surface area (Å²) in [5, 5.41) is 12.5. The van der Waals surface area contributed by atoms with Crippen LogP contribution in [0.2, 0.25) is 10.0 Å². The van der Waals surface area contributed by atoms with E-state index in [-0.39, 0.29) is 0 Å². The third-order valence-electron chi connectivity index (χ3n) is 3.34. The fourth-order valence-corrected chi connectivity index (χ4v) is 2.57. The van der Waals surface area contributed by atoms with Crippen LogP contribution in [0.5, 0.6) is 5.88 Å². The lowest BCUT2D eigenvalue weighted by molar-refractivity contribution is 0.213. The SMILES string of the molecule is CNCC(=N/OC)/C(C)=C\COc1ccn(-c2ccc(Cl)cc2Cl)n1. The Balaban J connectivity index is 2.02. The monoisotopic (exact) mass is 382 g/mol. The molecular formula is C17H20Cl2N4O2. The summed E-state index contributed by atoms with van der Waals surface area (Å²) < 4.78 is 7.30. The van der Waals surface area contributed by atoms with E-state index in [1.165, 1.54) is 7.11 Å². The minimum Gasteiger partial charge on any atom is -0.472 e. The van der Waals surface area contributed by atoms with Gasteiger partial charge in [0.25, 0.3) is 0 Å². The van der Waals surface area contributed by atoms with Gasteiger partial charge >= 0.3 is 0 Å². The average Bonchev–Trinajstić information content (AvgIpc) is 3.03. The van der Waals surface area contributed by atoms with E-state index in [1.54, 1.807) is 35.1 Å². The number of hydrogen-bond acceptors (Lipinski definition) is 5. The molecule has 0 radical (unpaired) electrons. The average molecular weight is 383 g/mol. The number of halogens is 2. The number of ether oxygens (including phenoxy) is 1. The third-order valence-corrected chi connectivity index (χ3v) is 3.88. The third kappa shape index (κ3) is 5.49. The van der Waals surface area contributed by atoms with E-state index < -0.39 is 0 Å². The Labute approximate surface area is 157 Å². The molecule has 0 saturated carbocycles. The highest BCUT2D eigenvalue weighted by Gasteiger charge is 2.07. The summed E-state index contributed by atoms with van der Waals surface area (Å²) in [7, 11) is 3.37. The van der Waals surface area contributed by atoms with E-state index in [0.29, 0.717) is 29.1 Å². The van der Waals surface area contributed by atoms with Crippen molar-refractivity contribution in [1.82, 2.24) is 15.1 Å². The molecule has 1 heterocycles. The Morgan fingerprint density at radius 2 is 2.16 bits per heavy atom. The topological polar surface area (TPSA) is 60.7 Å². The van der Waals surface area contributed by atoms with E-state index in [4.69, 9.17) is 32.8 Å². The quantitative estimate of drug-likeness (QED) is 0.558. The lowest BCUT2D eigenvalue weighted by atomic mass is 10.2. The van der Waals surface area contributed by atoms with Crippen molar-refractivity contribution in [1.29, 1.82) is 0 Å². The van der Waals surface area contributed by atoms with Gasteiger partial charge in [-0.25, -0.2) is 4.68 Å². The Morgan fingerprint density at radius 3 is 2.84 bits per heavy atom. The smallest absolute Gasteiger partial charge is 0.233 e. The second-order valence-electron chi connectivity index (χ2n) is 5.14. The first-order valence-corrected chi connectivity index (χ1v) is 8.36. The highest BCUT2D eigenvalue weighted by Crippen LogP contribution is 2.24. The molecule has 0 aliphatic rings. The van der Waals surface area contributed by atoms with Gasteiger partial charge in [0.2, 0.25) is 5.88 Å². The van der Waals surface area contributed by atoms with Crippen molar-refractivity contribution < 1.29 is 9.57 Å². The summed E-state index contributed by atoms with van der Waals surface area (Å²) in [6, 6.07) is 7.00. The zero-order chi connectivity index (χ0) is 18.2. The molecule has 2 rings (SSSR count). The molecule has 0 bridgehead atoms. The number of aromatic nitrogens is 2. The molecule has 8 heteroatoms. The van der Waals surface area contributed by atoms with Crippen LogP contribution < -0.4 is 10.1 Å². The first-order valence-electron chi connectivity index (χ1n) is 7.60. The Kier molecular flexibility index (Phi) is 7.31. The second kappa shape index (κ2) is 9.46. The summed E-state index contributed by atoms with van der Waals surface area (Å²) in [5.74, 6) is 0.494. The van der Waals surface area contributed by atoms with Crippen molar-refractivity contribution in [2.45, 2.75) is 6.92 Å². The maximum absolute atomic E-state index is 6.19. The van der Waals surface area contributed by atoms with E-state index in [1.807, 2.05) is 20.0 Å². The van der Waals surface area contributed by atoms with Gasteiger partial charge in [-0.05, 0) is 43.8 Å². The van der Waals surface area contributed by atoms with Gasteiger partial charge in [-0.15, -0.1) is 5.10 Å². The largest absolute Gasteiger partial charge is 0.472 e. The molecule has 0 saturated heterocycles. The highest BCUT2D eigenvalue weighted by molar-refractivity contribution is 6.35. The number of oxime groups is 1. The molecule has 0 spiro atoms. The summed E-state index contributed by atoms with van der Waals surface area (Å²) >= 11 is 12.1. The zero-order valence-corrected chi connectivity index (χ0v) is 15.8. The van der Waals surface area contributed by atoms with E-state index >= 15 is 0 Å². The second-order valence-corrected chi connectivity index (χ2v) is 5.99. The molecule has 0 aliphatic carbocycles. The minimum atomic E-state index is 0.365. The van der Waals surface area contributed by atoms with Crippen LogP contribution in [-0.2, 0) is 4.84 Å². The van der Waals surface area contributed by atoms with Gasteiger partial charge in [0.15, 0.2) is 0 Å². The molecule has 0 atom stereocenters. The lowest BCUT2D eigenvalue weighted by Crippen LogP contribution is -2.20. The van der Waals surface area contributed by atoms with Crippen molar-refractivity contribution >= 4 is 28.9 Å². The summed E-state index contributed by atoms with van der Waals surface area (Å²) in [6.45, 7) is 2.92. The van der Waals surface area contributed by atoms with E-state index in [2.05, 4.69) is 15.6 Å². The molecule has 0 unspecified atom stereocenters. The van der Waals surface area contributed by atoms with Gasteiger partial charge < -0.3 is 14.9 Å². The van der Waals surface area contributed by atoms with Gasteiger partial charge in [0, 0.05) is 23.8 Å². The fraction of sp³-hybridized carbons (Fsp3) is 0.294. The maximum Gasteiger partial charge on any atom is 0.233 e. The van der Waals surface area contributed by atoms with E-state index in [0.717, 1.165) is 17.0 Å². The molecule has 134 valence electrons. The van der Waals surface area contributed by atoms with Crippen LogP contribution in [-0.4, -0.2) is 42.8 Å². The normalized spacial score (nSPS) is 12.4. The molecular weight excluding hydrogens is 363 g/mol. The molecule has 25 heavy (non-hydrogen) atoms. The molecule has 0 amide bonds. The predicted molar refractivity (Wildman–Crippen MR) is 101 cm³/mol. The van der Waals surface area contributed by atoms with Crippen molar-refractivity contribution in [3.05, 3.63) is 52.2 Å². The van der Waals surface area contributed by atoms with Gasteiger partial charge in [-0.1, -0.05) is 28.4 Å². The van der Waals surface area contributed by atoms with Gasteiger partial charge in [0.1, 0.15) is 13.7 Å². The van der Waals surface area contributed by atoms with Crippen LogP contribution in [0.4, 0.5) is 0 Å². The summed E-state index contributed by atoms with van der Waals surface area (Å²) in [4.78, 5) is 4.84. The van der Waals surface area contributed by atoms with Crippen LogP contribution in [0.1, 0.15) is 6.92 Å². The molecule has 1 aromatic carbocycles. The van der Waals surface area contributed by atoms with Crippen molar-refractivity contribution in [3.63, 3.8) is 0 Å². The van der Waals surface area contributed by atoms with Crippen LogP contribution in [0, 0.1) is 0 Å². The van der Waals surface area contributed by atoms with Crippen molar-refractivity contribution in [3.8, 4) is 11.6 Å².